The highest BCUT2D eigenvalue weighted by Crippen LogP contribution is 2.34. The first-order valence-electron chi connectivity index (χ1n) is 4.84. The lowest BCUT2D eigenvalue weighted by Crippen LogP contribution is -2.33. The molecular weight excluding hydrogens is 282 g/mol. The number of amides is 1. The normalized spacial score (nSPS) is 16.6. The number of nitrogens with zero attached hydrogens (tertiary/aromatic N) is 1. The van der Waals surface area contributed by atoms with Gasteiger partial charge in [-0.05, 0) is 12.1 Å². The summed E-state index contributed by atoms with van der Waals surface area (Å²) in [6, 6.07) is 4.13. The van der Waals surface area contributed by atoms with E-state index >= 15 is 0 Å². The summed E-state index contributed by atoms with van der Waals surface area (Å²) in [4.78, 5) is 22.4. The van der Waals surface area contributed by atoms with Crippen LogP contribution in [0.3, 0.4) is 0 Å². The third-order valence-corrected chi connectivity index (χ3v) is 4.43. The molecular formula is C10H8ClNO5S. The van der Waals surface area contributed by atoms with Crippen LogP contribution in [0.2, 0.25) is 5.02 Å². The van der Waals surface area contributed by atoms with E-state index in [1.165, 1.54) is 18.2 Å². The van der Waals surface area contributed by atoms with E-state index in [9.17, 15) is 18.0 Å². The number of fused-ring (bicyclic) bond motifs is 1. The molecule has 0 aliphatic carbocycles. The Labute approximate surface area is 108 Å². The zero-order valence-electron chi connectivity index (χ0n) is 9.21. The fraction of sp³-hybridized carbons (Fsp3) is 0.200. The van der Waals surface area contributed by atoms with E-state index in [-0.39, 0.29) is 15.5 Å². The maximum absolute atomic E-state index is 12.0. The number of hydrogen-bond donors (Lipinski definition) is 0. The van der Waals surface area contributed by atoms with Gasteiger partial charge >= 0.3 is 5.97 Å². The van der Waals surface area contributed by atoms with Gasteiger partial charge in [-0.25, -0.2) is 8.42 Å². The Morgan fingerprint density at radius 1 is 1.44 bits per heavy atom. The molecule has 0 aromatic heterocycles. The summed E-state index contributed by atoms with van der Waals surface area (Å²) in [6.07, 6.45) is 0. The molecule has 0 atom stereocenters. The van der Waals surface area contributed by atoms with Gasteiger partial charge in [0.05, 0.1) is 10.6 Å². The molecule has 1 aromatic carbocycles. The number of benzene rings is 1. The Hall–Kier alpha value is -1.60. The summed E-state index contributed by atoms with van der Waals surface area (Å²) in [5.74, 6) is -1.48. The zero-order valence-corrected chi connectivity index (χ0v) is 10.8. The number of ether oxygens (including phenoxy) is 1. The van der Waals surface area contributed by atoms with E-state index in [1.54, 1.807) is 0 Å². The zero-order chi connectivity index (χ0) is 13.5. The van der Waals surface area contributed by atoms with E-state index in [0.717, 1.165) is 6.92 Å². The Morgan fingerprint density at radius 2 is 2.11 bits per heavy atom. The lowest BCUT2D eigenvalue weighted by molar-refractivity contribution is -0.142. The molecule has 6 nitrogen and oxygen atoms in total. The van der Waals surface area contributed by atoms with Crippen LogP contribution in [0, 0.1) is 0 Å². The molecule has 2 rings (SSSR count). The van der Waals surface area contributed by atoms with Crippen molar-refractivity contribution in [2.75, 3.05) is 6.73 Å². The van der Waals surface area contributed by atoms with Crippen molar-refractivity contribution >= 4 is 33.5 Å². The first-order chi connectivity index (χ1) is 8.35. The van der Waals surface area contributed by atoms with Gasteiger partial charge in [-0.3, -0.25) is 9.59 Å². The van der Waals surface area contributed by atoms with E-state index < -0.39 is 28.6 Å². The summed E-state index contributed by atoms with van der Waals surface area (Å²) in [6.45, 7) is 0.467. The number of halogens is 1. The maximum atomic E-state index is 12.0. The second kappa shape index (κ2) is 4.25. The Balaban J connectivity index is 2.48. The van der Waals surface area contributed by atoms with E-state index in [4.69, 9.17) is 11.6 Å². The average molecular weight is 290 g/mol. The Kier molecular flexibility index (Phi) is 3.04. The molecule has 0 radical (unpaired) electrons. The molecule has 0 spiro atoms. The lowest BCUT2D eigenvalue weighted by Gasteiger charge is -2.13. The van der Waals surface area contributed by atoms with Gasteiger partial charge in [-0.2, -0.15) is 4.31 Å². The van der Waals surface area contributed by atoms with Crippen molar-refractivity contribution in [3.8, 4) is 0 Å². The molecule has 0 saturated heterocycles. The maximum Gasteiger partial charge on any atom is 0.304 e. The fourth-order valence-electron chi connectivity index (χ4n) is 1.56. The molecule has 1 aliphatic rings. The van der Waals surface area contributed by atoms with Crippen LogP contribution in [0.25, 0.3) is 0 Å². The average Bonchev–Trinajstić information content (AvgIpc) is 2.46. The molecule has 1 aliphatic heterocycles. The van der Waals surface area contributed by atoms with E-state index in [1.807, 2.05) is 0 Å². The van der Waals surface area contributed by atoms with Crippen molar-refractivity contribution in [1.82, 2.24) is 4.31 Å². The van der Waals surface area contributed by atoms with Crippen LogP contribution in [0.15, 0.2) is 23.1 Å². The Bertz CT molecular complexity index is 640. The van der Waals surface area contributed by atoms with Gasteiger partial charge in [-0.15, -0.1) is 0 Å². The minimum atomic E-state index is -3.99. The number of carbonyl (C=O) groups is 2. The first-order valence-corrected chi connectivity index (χ1v) is 6.66. The van der Waals surface area contributed by atoms with Crippen LogP contribution < -0.4 is 0 Å². The second-order valence-corrected chi connectivity index (χ2v) is 5.77. The lowest BCUT2D eigenvalue weighted by atomic mass is 10.2. The number of hydrogen-bond acceptors (Lipinski definition) is 5. The smallest absolute Gasteiger partial charge is 0.304 e. The summed E-state index contributed by atoms with van der Waals surface area (Å²) in [5.41, 5.74) is -0.0914. The second-order valence-electron chi connectivity index (χ2n) is 3.54. The molecule has 1 heterocycles. The predicted octanol–water partition coefficient (Wildman–Crippen LogP) is 1.01. The van der Waals surface area contributed by atoms with Crippen LogP contribution in [-0.4, -0.2) is 31.3 Å². The van der Waals surface area contributed by atoms with Crippen molar-refractivity contribution in [1.29, 1.82) is 0 Å². The van der Waals surface area contributed by atoms with Gasteiger partial charge in [0.1, 0.15) is 4.90 Å². The monoisotopic (exact) mass is 289 g/mol. The third kappa shape index (κ3) is 1.85. The molecule has 0 saturated carbocycles. The van der Waals surface area contributed by atoms with Crippen LogP contribution in [0.4, 0.5) is 0 Å². The van der Waals surface area contributed by atoms with Crippen LogP contribution in [0.1, 0.15) is 17.3 Å². The molecule has 96 valence electrons. The van der Waals surface area contributed by atoms with Crippen molar-refractivity contribution < 1.29 is 22.7 Å². The molecule has 8 heteroatoms. The van der Waals surface area contributed by atoms with Crippen LogP contribution in [0.5, 0.6) is 0 Å². The number of esters is 1. The van der Waals surface area contributed by atoms with Gasteiger partial charge < -0.3 is 4.74 Å². The molecule has 0 unspecified atom stereocenters. The third-order valence-electron chi connectivity index (χ3n) is 2.37. The van der Waals surface area contributed by atoms with Gasteiger partial charge in [0.2, 0.25) is 0 Å². The van der Waals surface area contributed by atoms with Crippen LogP contribution >= 0.6 is 11.6 Å². The molecule has 0 bridgehead atoms. The highest BCUT2D eigenvalue weighted by molar-refractivity contribution is 7.90. The molecule has 0 N–H and O–H groups in total. The summed E-state index contributed by atoms with van der Waals surface area (Å²) >= 11 is 5.80. The summed E-state index contributed by atoms with van der Waals surface area (Å²) < 4.78 is 29.1. The van der Waals surface area contributed by atoms with Crippen molar-refractivity contribution in [3.63, 3.8) is 0 Å². The van der Waals surface area contributed by atoms with Crippen molar-refractivity contribution in [2.45, 2.75) is 11.8 Å². The molecule has 1 amide bonds. The fourth-order valence-corrected chi connectivity index (χ4v) is 3.31. The number of sulfonamides is 1. The number of carbonyl (C=O) groups excluding carboxylic acids is 2. The minimum Gasteiger partial charge on any atom is -0.443 e. The largest absolute Gasteiger partial charge is 0.443 e. The van der Waals surface area contributed by atoms with Gasteiger partial charge in [0, 0.05) is 6.92 Å². The van der Waals surface area contributed by atoms with Crippen LogP contribution in [-0.2, 0) is 19.6 Å². The SMILES string of the molecule is CC(=O)OCN1C(=O)c2c(Cl)cccc2S1(=O)=O. The highest BCUT2D eigenvalue weighted by atomic mass is 35.5. The summed E-state index contributed by atoms with van der Waals surface area (Å²) in [5, 5.41) is 0.0476. The Morgan fingerprint density at radius 3 is 2.67 bits per heavy atom. The minimum absolute atomic E-state index is 0.0476. The standard InChI is InChI=1S/C10H8ClNO5S/c1-6(13)17-5-12-10(14)9-7(11)3-2-4-8(9)18(12,15)16/h2-4H,5H2,1H3. The highest BCUT2D eigenvalue weighted by Gasteiger charge is 2.43. The van der Waals surface area contributed by atoms with E-state index in [2.05, 4.69) is 4.74 Å². The topological polar surface area (TPSA) is 80.8 Å². The molecule has 18 heavy (non-hydrogen) atoms. The van der Waals surface area contributed by atoms with Crippen molar-refractivity contribution in [3.05, 3.63) is 28.8 Å². The van der Waals surface area contributed by atoms with E-state index in [0.29, 0.717) is 4.31 Å². The van der Waals surface area contributed by atoms with Crippen molar-refractivity contribution in [2.24, 2.45) is 0 Å². The first kappa shape index (κ1) is 12.8. The molecule has 0 fully saturated rings. The van der Waals surface area contributed by atoms with Gasteiger partial charge in [0.15, 0.2) is 6.73 Å². The number of rotatable bonds is 2. The van der Waals surface area contributed by atoms with Gasteiger partial charge in [-0.1, -0.05) is 17.7 Å². The predicted molar refractivity (Wildman–Crippen MR) is 61.4 cm³/mol. The summed E-state index contributed by atoms with van der Waals surface area (Å²) in [7, 11) is -3.99. The molecule has 1 aromatic rings. The quantitative estimate of drug-likeness (QED) is 0.759. The van der Waals surface area contributed by atoms with Gasteiger partial charge in [0.25, 0.3) is 15.9 Å².